The standard InChI is InChI=1S/C21H19ClF4N6O2/c1-10-21(25,26)9-34-16-15(28-10)12-5-11(3-4-14(12)31(2)18(16)33)29-17-13(22)6-27-19(30-17)32-7-20(23,24)8-32/h3-6,10,28H,7-9H2,1-2H3,(H,27,29,30)/t10-/m0/s1. The number of aromatic nitrogens is 3. The lowest BCUT2D eigenvalue weighted by molar-refractivity contribution is -0.0488. The van der Waals surface area contributed by atoms with Crippen LogP contribution in [0.4, 0.5) is 40.7 Å². The molecular weight excluding hydrogens is 480 g/mol. The molecule has 0 radical (unpaired) electrons. The van der Waals surface area contributed by atoms with Gasteiger partial charge in [0, 0.05) is 18.1 Å². The van der Waals surface area contributed by atoms with Gasteiger partial charge in [-0.1, -0.05) is 11.6 Å². The van der Waals surface area contributed by atoms with Crippen LogP contribution in [0.15, 0.2) is 29.2 Å². The second kappa shape index (κ2) is 7.62. The minimum atomic E-state index is -3.19. The third-order valence-electron chi connectivity index (χ3n) is 5.88. The number of pyridine rings is 1. The average Bonchev–Trinajstić information content (AvgIpc) is 2.88. The van der Waals surface area contributed by atoms with E-state index in [9.17, 15) is 22.4 Å². The van der Waals surface area contributed by atoms with E-state index in [0.29, 0.717) is 16.6 Å². The molecule has 2 aromatic heterocycles. The second-order valence-electron chi connectivity index (χ2n) is 8.42. The minimum Gasteiger partial charge on any atom is -0.480 e. The van der Waals surface area contributed by atoms with Crippen molar-refractivity contribution >= 4 is 45.6 Å². The Labute approximate surface area is 195 Å². The van der Waals surface area contributed by atoms with Crippen LogP contribution in [-0.2, 0) is 7.05 Å². The van der Waals surface area contributed by atoms with Gasteiger partial charge in [0.2, 0.25) is 11.7 Å². The number of halogens is 5. The monoisotopic (exact) mass is 498 g/mol. The first kappa shape index (κ1) is 22.5. The second-order valence-corrected chi connectivity index (χ2v) is 8.83. The summed E-state index contributed by atoms with van der Waals surface area (Å²) in [4.78, 5) is 22.3. The molecule has 1 atom stereocenters. The average molecular weight is 499 g/mol. The van der Waals surface area contributed by atoms with Gasteiger partial charge in [-0.2, -0.15) is 4.98 Å². The van der Waals surface area contributed by atoms with Crippen molar-refractivity contribution in [3.63, 3.8) is 0 Å². The fraction of sp³-hybridized carbons (Fsp3) is 0.381. The number of ether oxygens (including phenoxy) is 1. The Bertz CT molecular complexity index is 1360. The molecule has 0 amide bonds. The lowest BCUT2D eigenvalue weighted by atomic mass is 10.1. The molecule has 1 aromatic carbocycles. The molecule has 2 aliphatic rings. The molecule has 34 heavy (non-hydrogen) atoms. The van der Waals surface area contributed by atoms with Gasteiger partial charge < -0.3 is 24.8 Å². The molecule has 0 aliphatic carbocycles. The van der Waals surface area contributed by atoms with Crippen LogP contribution in [-0.4, -0.2) is 52.1 Å². The van der Waals surface area contributed by atoms with Gasteiger partial charge in [-0.05, 0) is 25.1 Å². The van der Waals surface area contributed by atoms with Gasteiger partial charge in [0.1, 0.15) is 5.02 Å². The fourth-order valence-electron chi connectivity index (χ4n) is 3.88. The first-order valence-corrected chi connectivity index (χ1v) is 10.7. The summed E-state index contributed by atoms with van der Waals surface area (Å²) in [7, 11) is 1.52. The first-order valence-electron chi connectivity index (χ1n) is 10.3. The van der Waals surface area contributed by atoms with E-state index in [1.54, 1.807) is 18.2 Å². The highest BCUT2D eigenvalue weighted by Crippen LogP contribution is 2.38. The van der Waals surface area contributed by atoms with E-state index in [4.69, 9.17) is 16.3 Å². The molecule has 0 spiro atoms. The Morgan fingerprint density at radius 1 is 1.26 bits per heavy atom. The molecule has 180 valence electrons. The van der Waals surface area contributed by atoms with Crippen molar-refractivity contribution < 1.29 is 22.3 Å². The van der Waals surface area contributed by atoms with Crippen molar-refractivity contribution in [1.29, 1.82) is 0 Å². The molecule has 4 heterocycles. The highest BCUT2D eigenvalue weighted by atomic mass is 35.5. The van der Waals surface area contributed by atoms with Crippen LogP contribution in [0.25, 0.3) is 10.9 Å². The van der Waals surface area contributed by atoms with Gasteiger partial charge in [0.25, 0.3) is 11.5 Å². The van der Waals surface area contributed by atoms with E-state index in [-0.39, 0.29) is 28.2 Å². The van der Waals surface area contributed by atoms with Crippen molar-refractivity contribution in [3.8, 4) is 5.75 Å². The van der Waals surface area contributed by atoms with Crippen LogP contribution in [0.2, 0.25) is 5.02 Å². The number of fused-ring (bicyclic) bond motifs is 3. The van der Waals surface area contributed by atoms with Gasteiger partial charge in [-0.3, -0.25) is 4.79 Å². The number of hydrogen-bond acceptors (Lipinski definition) is 7. The minimum absolute atomic E-state index is 0.0981. The van der Waals surface area contributed by atoms with Gasteiger partial charge >= 0.3 is 5.92 Å². The fourth-order valence-corrected chi connectivity index (χ4v) is 4.02. The zero-order valence-electron chi connectivity index (χ0n) is 18.0. The van der Waals surface area contributed by atoms with Crippen LogP contribution < -0.4 is 25.8 Å². The van der Waals surface area contributed by atoms with Crippen LogP contribution >= 0.6 is 11.6 Å². The molecule has 8 nitrogen and oxygen atoms in total. The third kappa shape index (κ3) is 3.75. The molecule has 13 heteroatoms. The predicted octanol–water partition coefficient (Wildman–Crippen LogP) is 4.01. The lowest BCUT2D eigenvalue weighted by Crippen LogP contribution is -2.57. The molecule has 0 unspecified atom stereocenters. The summed E-state index contributed by atoms with van der Waals surface area (Å²) in [6.07, 6.45) is 1.30. The largest absolute Gasteiger partial charge is 0.480 e. The number of rotatable bonds is 3. The molecular formula is C21H19ClF4N6O2. The van der Waals surface area contributed by atoms with E-state index < -0.39 is 43.1 Å². The molecule has 1 fully saturated rings. The Morgan fingerprint density at radius 3 is 2.71 bits per heavy atom. The van der Waals surface area contributed by atoms with Crippen molar-refractivity contribution in [2.75, 3.05) is 35.2 Å². The number of aryl methyl sites for hydroxylation is 1. The Hall–Kier alpha value is -3.28. The summed E-state index contributed by atoms with van der Waals surface area (Å²) in [6, 6.07) is 3.64. The maximum absolute atomic E-state index is 14.3. The third-order valence-corrected chi connectivity index (χ3v) is 6.15. The summed E-state index contributed by atoms with van der Waals surface area (Å²) in [5.41, 5.74) is 0.568. The molecule has 3 aromatic rings. The summed E-state index contributed by atoms with van der Waals surface area (Å²) < 4.78 is 61.5. The number of hydrogen-bond donors (Lipinski definition) is 2. The molecule has 0 saturated carbocycles. The van der Waals surface area contributed by atoms with Crippen molar-refractivity contribution in [2.45, 2.75) is 24.8 Å². The molecule has 0 bridgehead atoms. The van der Waals surface area contributed by atoms with Crippen molar-refractivity contribution in [2.24, 2.45) is 7.05 Å². The summed E-state index contributed by atoms with van der Waals surface area (Å²) in [5.74, 6) is -5.89. The predicted molar refractivity (Wildman–Crippen MR) is 120 cm³/mol. The van der Waals surface area contributed by atoms with E-state index in [1.807, 2.05) is 0 Å². The number of anilines is 4. The zero-order valence-corrected chi connectivity index (χ0v) is 18.8. The van der Waals surface area contributed by atoms with Gasteiger partial charge in [0.15, 0.2) is 12.4 Å². The van der Waals surface area contributed by atoms with Crippen LogP contribution in [0.1, 0.15) is 6.92 Å². The number of nitrogens with zero attached hydrogens (tertiary/aromatic N) is 4. The van der Waals surface area contributed by atoms with Gasteiger partial charge in [0.05, 0.1) is 36.5 Å². The Kier molecular flexibility index (Phi) is 5.04. The number of benzene rings is 1. The quantitative estimate of drug-likeness (QED) is 0.528. The molecule has 2 aliphatic heterocycles. The Balaban J connectivity index is 1.54. The number of alkyl halides is 4. The Morgan fingerprint density at radius 2 is 2.00 bits per heavy atom. The highest BCUT2D eigenvalue weighted by Gasteiger charge is 2.45. The maximum atomic E-state index is 14.3. The SMILES string of the molecule is C[C@@H]1Nc2c(c(=O)n(C)c3ccc(Nc4nc(N5CC(F)(F)C5)ncc4Cl)cc23)OCC1(F)F. The zero-order chi connectivity index (χ0) is 24.4. The molecule has 2 N–H and O–H groups in total. The smallest absolute Gasteiger partial charge is 0.300 e. The maximum Gasteiger partial charge on any atom is 0.300 e. The molecule has 1 saturated heterocycles. The summed E-state index contributed by atoms with van der Waals surface area (Å²) in [6.45, 7) is -0.593. The van der Waals surface area contributed by atoms with E-state index in [0.717, 1.165) is 0 Å². The van der Waals surface area contributed by atoms with Crippen molar-refractivity contribution in [3.05, 3.63) is 39.8 Å². The summed E-state index contributed by atoms with van der Waals surface area (Å²) >= 11 is 6.20. The lowest BCUT2D eigenvalue weighted by Gasteiger charge is -2.38. The van der Waals surface area contributed by atoms with Gasteiger partial charge in [-0.15, -0.1) is 0 Å². The van der Waals surface area contributed by atoms with Crippen LogP contribution in [0.5, 0.6) is 5.75 Å². The van der Waals surface area contributed by atoms with Crippen molar-refractivity contribution in [1.82, 2.24) is 14.5 Å². The van der Waals surface area contributed by atoms with E-state index in [2.05, 4.69) is 20.6 Å². The normalized spacial score (nSPS) is 20.6. The first-order chi connectivity index (χ1) is 15.9. The topological polar surface area (TPSA) is 84.3 Å². The summed E-state index contributed by atoms with van der Waals surface area (Å²) in [5, 5.41) is 6.35. The number of nitrogens with one attached hydrogen (secondary N) is 2. The highest BCUT2D eigenvalue weighted by molar-refractivity contribution is 6.32. The van der Waals surface area contributed by atoms with E-state index in [1.165, 1.54) is 29.6 Å². The van der Waals surface area contributed by atoms with E-state index >= 15 is 0 Å². The van der Waals surface area contributed by atoms with Crippen LogP contribution in [0, 0.1) is 0 Å². The van der Waals surface area contributed by atoms with Gasteiger partial charge in [-0.25, -0.2) is 22.5 Å². The van der Waals surface area contributed by atoms with Crippen LogP contribution in [0.3, 0.4) is 0 Å². The molecule has 5 rings (SSSR count).